The van der Waals surface area contributed by atoms with Crippen LogP contribution in [0.4, 0.5) is 0 Å². The second-order valence-corrected chi connectivity index (χ2v) is 6.48. The Bertz CT molecular complexity index is 271. The molecule has 104 valence electrons. The second-order valence-electron chi connectivity index (χ2n) is 6.48. The van der Waals surface area contributed by atoms with Gasteiger partial charge in [0.05, 0.1) is 12.7 Å². The molecule has 0 aromatic heterocycles. The normalized spacial score (nSPS) is 40.5. The number of rotatable bonds is 5. The van der Waals surface area contributed by atoms with Crippen molar-refractivity contribution in [3.8, 4) is 0 Å². The highest BCUT2D eigenvalue weighted by molar-refractivity contribution is 4.91. The lowest BCUT2D eigenvalue weighted by atomic mass is 9.89. The molecule has 3 rings (SSSR count). The largest absolute Gasteiger partial charge is 0.374 e. The van der Waals surface area contributed by atoms with Gasteiger partial charge in [0, 0.05) is 19.6 Å². The number of morpholine rings is 1. The van der Waals surface area contributed by atoms with Gasteiger partial charge in [0.1, 0.15) is 0 Å². The smallest absolute Gasteiger partial charge is 0.0826 e. The molecule has 0 spiro atoms. The van der Waals surface area contributed by atoms with E-state index in [0.717, 1.165) is 50.5 Å². The molecule has 0 aromatic rings. The van der Waals surface area contributed by atoms with Crippen LogP contribution in [0.25, 0.3) is 0 Å². The van der Waals surface area contributed by atoms with E-state index in [2.05, 4.69) is 17.1 Å². The van der Waals surface area contributed by atoms with Crippen LogP contribution in [0.5, 0.6) is 0 Å². The molecule has 3 heteroatoms. The van der Waals surface area contributed by atoms with E-state index in [-0.39, 0.29) is 0 Å². The highest BCUT2D eigenvalue weighted by atomic mass is 16.5. The van der Waals surface area contributed by atoms with Crippen LogP contribution in [0.3, 0.4) is 0 Å². The van der Waals surface area contributed by atoms with Crippen molar-refractivity contribution in [2.75, 3.05) is 39.3 Å². The van der Waals surface area contributed by atoms with E-state index in [1.54, 1.807) is 0 Å². The summed E-state index contributed by atoms with van der Waals surface area (Å²) >= 11 is 0. The minimum Gasteiger partial charge on any atom is -0.374 e. The van der Waals surface area contributed by atoms with Gasteiger partial charge >= 0.3 is 0 Å². The molecule has 4 unspecified atom stereocenters. The number of ether oxygens (including phenoxy) is 1. The summed E-state index contributed by atoms with van der Waals surface area (Å²) in [5, 5.41) is 3.67. The first-order valence-electron chi connectivity index (χ1n) is 7.89. The predicted octanol–water partition coefficient (Wildman–Crippen LogP) is 1.73. The number of hydrogen-bond acceptors (Lipinski definition) is 3. The Hall–Kier alpha value is -0.120. The maximum absolute atomic E-state index is 5.83. The summed E-state index contributed by atoms with van der Waals surface area (Å²) in [7, 11) is 0. The van der Waals surface area contributed by atoms with Gasteiger partial charge < -0.3 is 10.1 Å². The Kier molecular flexibility index (Phi) is 4.22. The standard InChI is InChI=1S/C15H28N2O/c1-2-17-5-6-18-15(11-17)10-16-9-14-8-12-3-4-13(14)7-12/h12-16H,2-11H2,1H3. The number of nitrogens with one attached hydrogen (secondary N) is 1. The van der Waals surface area contributed by atoms with Crippen LogP contribution in [-0.2, 0) is 4.74 Å². The molecule has 1 N–H and O–H groups in total. The van der Waals surface area contributed by atoms with Gasteiger partial charge in [-0.3, -0.25) is 4.90 Å². The van der Waals surface area contributed by atoms with Crippen LogP contribution < -0.4 is 5.32 Å². The third kappa shape index (κ3) is 2.89. The van der Waals surface area contributed by atoms with Gasteiger partial charge in [-0.05, 0) is 50.1 Å². The number of hydrogen-bond donors (Lipinski definition) is 1. The Morgan fingerprint density at radius 1 is 1.22 bits per heavy atom. The number of nitrogens with zero attached hydrogens (tertiary/aromatic N) is 1. The first kappa shape index (κ1) is 12.9. The highest BCUT2D eigenvalue weighted by Crippen LogP contribution is 2.47. The molecular formula is C15H28N2O. The quantitative estimate of drug-likeness (QED) is 0.806. The Labute approximate surface area is 111 Å². The van der Waals surface area contributed by atoms with Crippen LogP contribution in [0.2, 0.25) is 0 Å². The van der Waals surface area contributed by atoms with Gasteiger partial charge in [-0.1, -0.05) is 13.3 Å². The zero-order valence-corrected chi connectivity index (χ0v) is 11.7. The monoisotopic (exact) mass is 252 g/mol. The fourth-order valence-corrected chi connectivity index (χ4v) is 4.25. The molecule has 1 aliphatic heterocycles. The summed E-state index contributed by atoms with van der Waals surface area (Å²) < 4.78 is 5.83. The van der Waals surface area contributed by atoms with Crippen LogP contribution in [-0.4, -0.2) is 50.3 Å². The first-order valence-corrected chi connectivity index (χ1v) is 7.89. The Balaban J connectivity index is 1.34. The van der Waals surface area contributed by atoms with Gasteiger partial charge in [0.15, 0.2) is 0 Å². The molecule has 2 aliphatic carbocycles. The maximum Gasteiger partial charge on any atom is 0.0826 e. The Morgan fingerprint density at radius 3 is 2.89 bits per heavy atom. The lowest BCUT2D eigenvalue weighted by molar-refractivity contribution is -0.0257. The molecule has 4 atom stereocenters. The third-order valence-corrected chi connectivity index (χ3v) is 5.33. The van der Waals surface area contributed by atoms with Crippen LogP contribution in [0, 0.1) is 17.8 Å². The van der Waals surface area contributed by atoms with Crippen molar-refractivity contribution in [2.45, 2.75) is 38.7 Å². The fraction of sp³-hybridized carbons (Fsp3) is 1.00. The van der Waals surface area contributed by atoms with E-state index in [4.69, 9.17) is 4.74 Å². The van der Waals surface area contributed by atoms with Crippen LogP contribution in [0.15, 0.2) is 0 Å². The van der Waals surface area contributed by atoms with E-state index in [1.165, 1.54) is 32.2 Å². The second kappa shape index (κ2) is 5.89. The average molecular weight is 252 g/mol. The lowest BCUT2D eigenvalue weighted by Gasteiger charge is -2.32. The summed E-state index contributed by atoms with van der Waals surface area (Å²) in [6, 6.07) is 0. The number of likely N-dealkylation sites (N-methyl/N-ethyl adjacent to an activating group) is 1. The molecule has 0 aromatic carbocycles. The fourth-order valence-electron chi connectivity index (χ4n) is 4.25. The van der Waals surface area contributed by atoms with Crippen LogP contribution >= 0.6 is 0 Å². The molecule has 3 fully saturated rings. The molecule has 3 aliphatic rings. The zero-order valence-electron chi connectivity index (χ0n) is 11.7. The SMILES string of the molecule is CCN1CCOC(CNCC2CC3CCC2C3)C1. The number of fused-ring (bicyclic) bond motifs is 2. The van der Waals surface area contributed by atoms with Crippen molar-refractivity contribution in [1.29, 1.82) is 0 Å². The molecule has 2 bridgehead atoms. The first-order chi connectivity index (χ1) is 8.85. The van der Waals surface area contributed by atoms with Crippen LogP contribution in [0.1, 0.15) is 32.6 Å². The van der Waals surface area contributed by atoms with E-state index < -0.39 is 0 Å². The maximum atomic E-state index is 5.83. The van der Waals surface area contributed by atoms with Crippen molar-refractivity contribution in [1.82, 2.24) is 10.2 Å². The molecule has 3 nitrogen and oxygen atoms in total. The highest BCUT2D eigenvalue weighted by Gasteiger charge is 2.38. The van der Waals surface area contributed by atoms with E-state index in [1.807, 2.05) is 0 Å². The van der Waals surface area contributed by atoms with Gasteiger partial charge in [-0.25, -0.2) is 0 Å². The zero-order chi connectivity index (χ0) is 12.4. The van der Waals surface area contributed by atoms with E-state index in [9.17, 15) is 0 Å². The molecule has 1 saturated heterocycles. The summed E-state index contributed by atoms with van der Waals surface area (Å²) in [5.41, 5.74) is 0. The summed E-state index contributed by atoms with van der Waals surface area (Å²) in [6.07, 6.45) is 6.44. The van der Waals surface area contributed by atoms with Crippen molar-refractivity contribution in [3.63, 3.8) is 0 Å². The summed E-state index contributed by atoms with van der Waals surface area (Å²) in [6.45, 7) is 8.81. The molecule has 0 radical (unpaired) electrons. The van der Waals surface area contributed by atoms with E-state index >= 15 is 0 Å². The molecule has 0 amide bonds. The molecule has 1 heterocycles. The lowest BCUT2D eigenvalue weighted by Crippen LogP contribution is -2.47. The van der Waals surface area contributed by atoms with Crippen molar-refractivity contribution >= 4 is 0 Å². The summed E-state index contributed by atoms with van der Waals surface area (Å²) in [5.74, 6) is 3.08. The van der Waals surface area contributed by atoms with Crippen molar-refractivity contribution < 1.29 is 4.74 Å². The average Bonchev–Trinajstić information content (AvgIpc) is 3.01. The summed E-state index contributed by atoms with van der Waals surface area (Å²) in [4.78, 5) is 2.49. The van der Waals surface area contributed by atoms with Crippen molar-refractivity contribution in [3.05, 3.63) is 0 Å². The van der Waals surface area contributed by atoms with Gasteiger partial charge in [-0.15, -0.1) is 0 Å². The minimum atomic E-state index is 0.414. The minimum absolute atomic E-state index is 0.414. The molecular weight excluding hydrogens is 224 g/mol. The van der Waals surface area contributed by atoms with Gasteiger partial charge in [0.25, 0.3) is 0 Å². The van der Waals surface area contributed by atoms with Gasteiger partial charge in [-0.2, -0.15) is 0 Å². The Morgan fingerprint density at radius 2 is 2.17 bits per heavy atom. The van der Waals surface area contributed by atoms with Gasteiger partial charge in [0.2, 0.25) is 0 Å². The third-order valence-electron chi connectivity index (χ3n) is 5.33. The van der Waals surface area contributed by atoms with E-state index in [0.29, 0.717) is 6.10 Å². The predicted molar refractivity (Wildman–Crippen MR) is 73.7 cm³/mol. The van der Waals surface area contributed by atoms with Crippen molar-refractivity contribution in [2.24, 2.45) is 17.8 Å². The molecule has 2 saturated carbocycles. The molecule has 18 heavy (non-hydrogen) atoms. The topological polar surface area (TPSA) is 24.5 Å².